The largest absolute Gasteiger partial charge is 0.385 e. The van der Waals surface area contributed by atoms with Gasteiger partial charge in [-0.25, -0.2) is 4.79 Å². The van der Waals surface area contributed by atoms with Gasteiger partial charge in [-0.2, -0.15) is 0 Å². The molecule has 0 spiro atoms. The monoisotopic (exact) mass is 246 g/mol. The van der Waals surface area contributed by atoms with Gasteiger partial charge in [-0.15, -0.1) is 0 Å². The fraction of sp³-hybridized carbons (Fsp3) is 0.462. The van der Waals surface area contributed by atoms with Crippen molar-refractivity contribution < 1.29 is 0 Å². The van der Waals surface area contributed by atoms with E-state index in [1.807, 2.05) is 18.2 Å². The molecular weight excluding hydrogens is 228 g/mol. The molecule has 2 aromatic rings. The second-order valence-electron chi connectivity index (χ2n) is 4.85. The zero-order valence-corrected chi connectivity index (χ0v) is 10.3. The van der Waals surface area contributed by atoms with Crippen LogP contribution in [0.4, 0.5) is 5.69 Å². The molecule has 4 N–H and O–H groups in total. The number of hydrogen-bond acceptors (Lipinski definition) is 3. The third-order valence-electron chi connectivity index (χ3n) is 3.50. The Bertz CT molecular complexity index is 580. The third kappa shape index (κ3) is 2.41. The molecule has 1 aliphatic rings. The first-order valence-electron chi connectivity index (χ1n) is 6.50. The molecule has 1 unspecified atom stereocenters. The van der Waals surface area contributed by atoms with E-state index in [-0.39, 0.29) is 5.69 Å². The molecule has 1 aliphatic heterocycles. The minimum absolute atomic E-state index is 0.155. The molecule has 1 fully saturated rings. The third-order valence-corrected chi connectivity index (χ3v) is 3.50. The van der Waals surface area contributed by atoms with Crippen molar-refractivity contribution in [2.75, 3.05) is 18.4 Å². The van der Waals surface area contributed by atoms with E-state index >= 15 is 0 Å². The van der Waals surface area contributed by atoms with E-state index in [4.69, 9.17) is 0 Å². The lowest BCUT2D eigenvalue weighted by Crippen LogP contribution is -2.24. The molecule has 5 heteroatoms. The summed E-state index contributed by atoms with van der Waals surface area (Å²) in [6, 6.07) is 6.54. The number of nitrogens with one attached hydrogen (secondary N) is 4. The summed E-state index contributed by atoms with van der Waals surface area (Å²) in [4.78, 5) is 16.7. The molecule has 0 saturated carbocycles. The Morgan fingerprint density at radius 3 is 3.00 bits per heavy atom. The fourth-order valence-electron chi connectivity index (χ4n) is 2.54. The van der Waals surface area contributed by atoms with E-state index < -0.39 is 0 Å². The van der Waals surface area contributed by atoms with Gasteiger partial charge in [-0.3, -0.25) is 0 Å². The maximum Gasteiger partial charge on any atom is 0.323 e. The molecule has 0 bridgehead atoms. The molecule has 18 heavy (non-hydrogen) atoms. The van der Waals surface area contributed by atoms with Gasteiger partial charge in [0.1, 0.15) is 0 Å². The summed E-state index contributed by atoms with van der Waals surface area (Å²) < 4.78 is 0. The SMILES string of the molecule is O=c1[nH]c2ccc(NCCC3CCCN3)cc2[nH]1. The van der Waals surface area contributed by atoms with E-state index in [2.05, 4.69) is 20.6 Å². The summed E-state index contributed by atoms with van der Waals surface area (Å²) in [6.45, 7) is 2.11. The van der Waals surface area contributed by atoms with Crippen molar-refractivity contribution in [3.05, 3.63) is 28.7 Å². The van der Waals surface area contributed by atoms with Gasteiger partial charge in [-0.1, -0.05) is 0 Å². The Labute approximate surface area is 105 Å². The predicted molar refractivity (Wildman–Crippen MR) is 73.1 cm³/mol. The quantitative estimate of drug-likeness (QED) is 0.659. The molecule has 5 nitrogen and oxygen atoms in total. The molecule has 1 atom stereocenters. The van der Waals surface area contributed by atoms with E-state index in [1.165, 1.54) is 12.8 Å². The maximum absolute atomic E-state index is 11.1. The van der Waals surface area contributed by atoms with Gasteiger partial charge >= 0.3 is 5.69 Å². The van der Waals surface area contributed by atoms with Crippen LogP contribution in [0.2, 0.25) is 0 Å². The van der Waals surface area contributed by atoms with Crippen molar-refractivity contribution in [2.45, 2.75) is 25.3 Å². The number of fused-ring (bicyclic) bond motifs is 1. The molecular formula is C13H18N4O. The minimum atomic E-state index is -0.155. The fourth-order valence-corrected chi connectivity index (χ4v) is 2.54. The van der Waals surface area contributed by atoms with Gasteiger partial charge in [0, 0.05) is 18.3 Å². The van der Waals surface area contributed by atoms with Gasteiger partial charge in [0.2, 0.25) is 0 Å². The molecule has 0 aliphatic carbocycles. The van der Waals surface area contributed by atoms with Crippen molar-refractivity contribution in [1.82, 2.24) is 15.3 Å². The van der Waals surface area contributed by atoms with Gasteiger partial charge in [0.15, 0.2) is 0 Å². The van der Waals surface area contributed by atoms with Gasteiger partial charge in [-0.05, 0) is 44.0 Å². The molecule has 0 radical (unpaired) electrons. The standard InChI is InChI=1S/C13H18N4O/c18-13-16-11-4-3-10(8-12(11)17-13)15-7-5-9-2-1-6-14-9/h3-4,8-9,14-15H,1-2,5-7H2,(H2,16,17,18). The average Bonchev–Trinajstić information content (AvgIpc) is 2.96. The summed E-state index contributed by atoms with van der Waals surface area (Å²) in [7, 11) is 0. The molecule has 3 rings (SSSR count). The normalized spacial score (nSPS) is 19.4. The first-order valence-corrected chi connectivity index (χ1v) is 6.50. The number of benzene rings is 1. The number of aromatic amines is 2. The number of H-pyrrole nitrogens is 2. The highest BCUT2D eigenvalue weighted by molar-refractivity contribution is 5.78. The summed E-state index contributed by atoms with van der Waals surface area (Å²) in [5, 5.41) is 6.88. The van der Waals surface area contributed by atoms with E-state index in [0.717, 1.165) is 36.2 Å². The highest BCUT2D eigenvalue weighted by Gasteiger charge is 2.12. The first-order chi connectivity index (χ1) is 8.81. The van der Waals surface area contributed by atoms with Crippen molar-refractivity contribution in [3.63, 3.8) is 0 Å². The van der Waals surface area contributed by atoms with Crippen molar-refractivity contribution in [2.24, 2.45) is 0 Å². The maximum atomic E-state index is 11.1. The summed E-state index contributed by atoms with van der Waals surface area (Å²) >= 11 is 0. The highest BCUT2D eigenvalue weighted by atomic mass is 16.1. The first kappa shape index (κ1) is 11.3. The Hall–Kier alpha value is -1.75. The van der Waals surface area contributed by atoms with Crippen molar-refractivity contribution in [3.8, 4) is 0 Å². The van der Waals surface area contributed by atoms with Crippen LogP contribution in [0.3, 0.4) is 0 Å². The number of imidazole rings is 1. The molecule has 1 saturated heterocycles. The highest BCUT2D eigenvalue weighted by Crippen LogP contribution is 2.15. The lowest BCUT2D eigenvalue weighted by molar-refractivity contribution is 0.574. The Morgan fingerprint density at radius 1 is 1.28 bits per heavy atom. The average molecular weight is 246 g/mol. The lowest BCUT2D eigenvalue weighted by Gasteiger charge is -2.11. The summed E-state index contributed by atoms with van der Waals surface area (Å²) in [5.41, 5.74) is 2.60. The van der Waals surface area contributed by atoms with Crippen LogP contribution in [0.25, 0.3) is 11.0 Å². The zero-order valence-electron chi connectivity index (χ0n) is 10.3. The van der Waals surface area contributed by atoms with Crippen molar-refractivity contribution in [1.29, 1.82) is 0 Å². The number of anilines is 1. The van der Waals surface area contributed by atoms with Gasteiger partial charge in [0.05, 0.1) is 11.0 Å². The van der Waals surface area contributed by atoms with Gasteiger partial charge < -0.3 is 20.6 Å². The molecule has 2 heterocycles. The van der Waals surface area contributed by atoms with E-state index in [0.29, 0.717) is 6.04 Å². The van der Waals surface area contributed by atoms with Crippen LogP contribution in [0.5, 0.6) is 0 Å². The van der Waals surface area contributed by atoms with Crippen LogP contribution >= 0.6 is 0 Å². The zero-order chi connectivity index (χ0) is 12.4. The van der Waals surface area contributed by atoms with Crippen LogP contribution in [0.15, 0.2) is 23.0 Å². The van der Waals surface area contributed by atoms with E-state index in [9.17, 15) is 4.79 Å². The Morgan fingerprint density at radius 2 is 2.17 bits per heavy atom. The molecule has 0 amide bonds. The van der Waals surface area contributed by atoms with Crippen LogP contribution in [-0.4, -0.2) is 29.1 Å². The van der Waals surface area contributed by atoms with Crippen LogP contribution in [0, 0.1) is 0 Å². The second-order valence-corrected chi connectivity index (χ2v) is 4.85. The summed E-state index contributed by atoms with van der Waals surface area (Å²) in [5.74, 6) is 0. The van der Waals surface area contributed by atoms with Crippen LogP contribution in [0.1, 0.15) is 19.3 Å². The number of rotatable bonds is 4. The van der Waals surface area contributed by atoms with Gasteiger partial charge in [0.25, 0.3) is 0 Å². The lowest BCUT2D eigenvalue weighted by atomic mass is 10.1. The topological polar surface area (TPSA) is 72.7 Å². The smallest absolute Gasteiger partial charge is 0.323 e. The number of aromatic nitrogens is 2. The Kier molecular flexibility index (Phi) is 3.06. The minimum Gasteiger partial charge on any atom is -0.385 e. The van der Waals surface area contributed by atoms with E-state index in [1.54, 1.807) is 0 Å². The van der Waals surface area contributed by atoms with Crippen LogP contribution < -0.4 is 16.3 Å². The summed E-state index contributed by atoms with van der Waals surface area (Å²) in [6.07, 6.45) is 3.72. The van der Waals surface area contributed by atoms with Crippen LogP contribution in [-0.2, 0) is 0 Å². The number of hydrogen-bond donors (Lipinski definition) is 4. The molecule has 96 valence electrons. The molecule has 1 aromatic heterocycles. The molecule has 1 aromatic carbocycles. The second kappa shape index (κ2) is 4.86. The Balaban J connectivity index is 1.61. The predicted octanol–water partition coefficient (Wildman–Crippen LogP) is 1.41. The van der Waals surface area contributed by atoms with Crippen molar-refractivity contribution >= 4 is 16.7 Å².